The normalized spacial score (nSPS) is 10.6. The van der Waals surface area contributed by atoms with Crippen LogP contribution in [0.2, 0.25) is 0 Å². The van der Waals surface area contributed by atoms with Crippen LogP contribution in [0.15, 0.2) is 72.1 Å². The largest absolute Gasteiger partial charge is 0.493 e. The smallest absolute Gasteiger partial charge is 0.345 e. The lowest BCUT2D eigenvalue weighted by Gasteiger charge is -2.10. The molecule has 3 aromatic rings. The van der Waals surface area contributed by atoms with Crippen LogP contribution in [-0.2, 0) is 0 Å². The summed E-state index contributed by atoms with van der Waals surface area (Å²) in [4.78, 5) is 16.1. The lowest BCUT2D eigenvalue weighted by Crippen LogP contribution is -2.09. The molecule has 1 aromatic heterocycles. The SMILES string of the molecule is COc1cc(/C=N\Nc2ccccc2C)ccc1OC(=O)c1cccnc1. The fourth-order valence-corrected chi connectivity index (χ4v) is 2.37. The number of pyridine rings is 1. The Bertz CT molecular complexity index is 956. The molecule has 0 atom stereocenters. The van der Waals surface area contributed by atoms with Crippen molar-refractivity contribution in [3.63, 3.8) is 0 Å². The molecule has 0 aliphatic rings. The van der Waals surface area contributed by atoms with E-state index >= 15 is 0 Å². The number of anilines is 1. The number of hydrazone groups is 1. The summed E-state index contributed by atoms with van der Waals surface area (Å²) in [6, 6.07) is 16.4. The fourth-order valence-electron chi connectivity index (χ4n) is 2.37. The monoisotopic (exact) mass is 361 g/mol. The maximum atomic E-state index is 12.2. The number of hydrogen-bond donors (Lipinski definition) is 1. The number of carbonyl (C=O) groups is 1. The molecule has 1 heterocycles. The third-order valence-corrected chi connectivity index (χ3v) is 3.83. The second-order valence-corrected chi connectivity index (χ2v) is 5.73. The van der Waals surface area contributed by atoms with Crippen molar-refractivity contribution in [3.8, 4) is 11.5 Å². The highest BCUT2D eigenvalue weighted by Gasteiger charge is 2.12. The molecular weight excluding hydrogens is 342 g/mol. The van der Waals surface area contributed by atoms with Crippen LogP contribution in [0.5, 0.6) is 11.5 Å². The molecule has 3 rings (SSSR count). The Balaban J connectivity index is 1.71. The fraction of sp³-hybridized carbons (Fsp3) is 0.0952. The van der Waals surface area contributed by atoms with Gasteiger partial charge in [0.15, 0.2) is 11.5 Å². The summed E-state index contributed by atoms with van der Waals surface area (Å²) in [5, 5.41) is 4.24. The average molecular weight is 361 g/mol. The van der Waals surface area contributed by atoms with Crippen LogP contribution < -0.4 is 14.9 Å². The van der Waals surface area contributed by atoms with E-state index in [1.54, 1.807) is 42.7 Å². The molecule has 0 saturated heterocycles. The van der Waals surface area contributed by atoms with Gasteiger partial charge >= 0.3 is 5.97 Å². The van der Waals surface area contributed by atoms with Crippen molar-refractivity contribution in [1.82, 2.24) is 4.98 Å². The number of methoxy groups -OCH3 is 1. The minimum Gasteiger partial charge on any atom is -0.493 e. The van der Waals surface area contributed by atoms with Crippen molar-refractivity contribution in [1.29, 1.82) is 0 Å². The molecule has 0 aliphatic carbocycles. The number of nitrogens with one attached hydrogen (secondary N) is 1. The van der Waals surface area contributed by atoms with E-state index < -0.39 is 5.97 Å². The molecule has 1 N–H and O–H groups in total. The van der Waals surface area contributed by atoms with Crippen LogP contribution in [0.25, 0.3) is 0 Å². The molecule has 0 aliphatic heterocycles. The Hall–Kier alpha value is -3.67. The highest BCUT2D eigenvalue weighted by Crippen LogP contribution is 2.28. The zero-order valence-electron chi connectivity index (χ0n) is 15.0. The first-order chi connectivity index (χ1) is 13.2. The maximum Gasteiger partial charge on any atom is 0.345 e. The molecular formula is C21H19N3O3. The van der Waals surface area contributed by atoms with Crippen molar-refractivity contribution in [2.75, 3.05) is 12.5 Å². The highest BCUT2D eigenvalue weighted by molar-refractivity contribution is 5.91. The van der Waals surface area contributed by atoms with Gasteiger partial charge in [-0.3, -0.25) is 10.4 Å². The van der Waals surface area contributed by atoms with Gasteiger partial charge < -0.3 is 9.47 Å². The summed E-state index contributed by atoms with van der Waals surface area (Å²) in [6.45, 7) is 2.01. The van der Waals surface area contributed by atoms with Gasteiger partial charge in [0.2, 0.25) is 0 Å². The minimum absolute atomic E-state index is 0.329. The van der Waals surface area contributed by atoms with Gasteiger partial charge in [-0.25, -0.2) is 4.79 Å². The van der Waals surface area contributed by atoms with Crippen LogP contribution in [-0.4, -0.2) is 24.3 Å². The topological polar surface area (TPSA) is 72.8 Å². The van der Waals surface area contributed by atoms with Crippen molar-refractivity contribution in [2.24, 2.45) is 5.10 Å². The molecule has 2 aromatic carbocycles. The van der Waals surface area contributed by atoms with Gasteiger partial charge in [0.25, 0.3) is 0 Å². The summed E-state index contributed by atoms with van der Waals surface area (Å²) in [5.74, 6) is 0.270. The first kappa shape index (κ1) is 18.1. The van der Waals surface area contributed by atoms with Crippen molar-refractivity contribution < 1.29 is 14.3 Å². The van der Waals surface area contributed by atoms with Crippen LogP contribution in [0.4, 0.5) is 5.69 Å². The lowest BCUT2D eigenvalue weighted by molar-refractivity contribution is 0.0729. The number of aryl methyl sites for hydroxylation is 1. The minimum atomic E-state index is -0.496. The van der Waals surface area contributed by atoms with Gasteiger partial charge in [0.1, 0.15) is 0 Å². The number of para-hydroxylation sites is 1. The van der Waals surface area contributed by atoms with E-state index in [9.17, 15) is 4.79 Å². The molecule has 6 nitrogen and oxygen atoms in total. The molecule has 0 spiro atoms. The number of aromatic nitrogens is 1. The molecule has 0 unspecified atom stereocenters. The quantitative estimate of drug-likeness (QED) is 0.310. The predicted octanol–water partition coefficient (Wildman–Crippen LogP) is 4.06. The number of carbonyl (C=O) groups excluding carboxylic acids is 1. The summed E-state index contributed by atoms with van der Waals surface area (Å²) < 4.78 is 10.7. The van der Waals surface area contributed by atoms with Crippen LogP contribution in [0, 0.1) is 6.92 Å². The van der Waals surface area contributed by atoms with Gasteiger partial charge in [-0.1, -0.05) is 18.2 Å². The summed E-state index contributed by atoms with van der Waals surface area (Å²) in [6.07, 6.45) is 4.71. The molecule has 0 fully saturated rings. The molecule has 0 bridgehead atoms. The summed E-state index contributed by atoms with van der Waals surface area (Å²) >= 11 is 0. The van der Waals surface area contributed by atoms with E-state index in [4.69, 9.17) is 9.47 Å². The van der Waals surface area contributed by atoms with Crippen molar-refractivity contribution in [2.45, 2.75) is 6.92 Å². The Morgan fingerprint density at radius 3 is 2.70 bits per heavy atom. The number of hydrogen-bond acceptors (Lipinski definition) is 6. The molecule has 136 valence electrons. The lowest BCUT2D eigenvalue weighted by atomic mass is 10.2. The van der Waals surface area contributed by atoms with Gasteiger partial charge in [0, 0.05) is 12.4 Å². The standard InChI is InChI=1S/C21H19N3O3/c1-15-6-3-4-8-18(15)24-23-13-16-9-10-19(20(12-16)26-2)27-21(25)17-7-5-11-22-14-17/h3-14,24H,1-2H3/b23-13-. The molecule has 6 heteroatoms. The Labute approximate surface area is 157 Å². The van der Waals surface area contributed by atoms with Gasteiger partial charge in [-0.05, 0) is 54.4 Å². The Morgan fingerprint density at radius 2 is 1.96 bits per heavy atom. The van der Waals surface area contributed by atoms with E-state index in [1.807, 2.05) is 31.2 Å². The molecule has 27 heavy (non-hydrogen) atoms. The van der Waals surface area contributed by atoms with Crippen LogP contribution in [0.1, 0.15) is 21.5 Å². The Morgan fingerprint density at radius 1 is 1.11 bits per heavy atom. The third-order valence-electron chi connectivity index (χ3n) is 3.83. The summed E-state index contributed by atoms with van der Waals surface area (Å²) in [5.41, 5.74) is 6.21. The van der Waals surface area contributed by atoms with Crippen molar-refractivity contribution in [3.05, 3.63) is 83.7 Å². The van der Waals surface area contributed by atoms with E-state index in [-0.39, 0.29) is 0 Å². The maximum absolute atomic E-state index is 12.2. The first-order valence-corrected chi connectivity index (χ1v) is 8.32. The predicted molar refractivity (Wildman–Crippen MR) is 105 cm³/mol. The molecule has 0 saturated carbocycles. The second-order valence-electron chi connectivity index (χ2n) is 5.73. The molecule has 0 amide bonds. The van der Waals surface area contributed by atoms with E-state index in [0.717, 1.165) is 16.8 Å². The third kappa shape index (κ3) is 4.70. The van der Waals surface area contributed by atoms with E-state index in [2.05, 4.69) is 15.5 Å². The number of nitrogens with zero attached hydrogens (tertiary/aromatic N) is 2. The second kappa shape index (κ2) is 8.62. The highest BCUT2D eigenvalue weighted by atomic mass is 16.6. The van der Waals surface area contributed by atoms with Crippen LogP contribution in [0.3, 0.4) is 0 Å². The van der Waals surface area contributed by atoms with E-state index in [1.165, 1.54) is 13.3 Å². The Kier molecular flexibility index (Phi) is 5.79. The van der Waals surface area contributed by atoms with Crippen molar-refractivity contribution >= 4 is 17.9 Å². The zero-order valence-corrected chi connectivity index (χ0v) is 15.0. The van der Waals surface area contributed by atoms with Gasteiger partial charge in [-0.15, -0.1) is 0 Å². The number of esters is 1. The van der Waals surface area contributed by atoms with Gasteiger partial charge in [-0.2, -0.15) is 5.10 Å². The summed E-state index contributed by atoms with van der Waals surface area (Å²) in [7, 11) is 1.52. The first-order valence-electron chi connectivity index (χ1n) is 8.32. The van der Waals surface area contributed by atoms with E-state index in [0.29, 0.717) is 17.1 Å². The zero-order chi connectivity index (χ0) is 19.1. The molecule has 0 radical (unpaired) electrons. The number of ether oxygens (including phenoxy) is 2. The number of benzene rings is 2. The average Bonchev–Trinajstić information content (AvgIpc) is 2.71. The van der Waals surface area contributed by atoms with Crippen LogP contribution >= 0.6 is 0 Å². The number of rotatable bonds is 6. The van der Waals surface area contributed by atoms with Gasteiger partial charge in [0.05, 0.1) is 24.6 Å².